The fourth-order valence-corrected chi connectivity index (χ4v) is 1.91. The Morgan fingerprint density at radius 2 is 1.35 bits per heavy atom. The third-order valence-electron chi connectivity index (χ3n) is 3.64. The molecule has 5 heteroatoms. The van der Waals surface area contributed by atoms with E-state index in [0.717, 1.165) is 0 Å². The van der Waals surface area contributed by atoms with Crippen LogP contribution in [0, 0.1) is 5.41 Å². The van der Waals surface area contributed by atoms with Crippen LogP contribution in [0.25, 0.3) is 0 Å². The van der Waals surface area contributed by atoms with Crippen LogP contribution in [-0.2, 0) is 23.8 Å². The molecular weight excluding hydrogens is 260 g/mol. The molecular formula is C15H28O5. The van der Waals surface area contributed by atoms with Crippen LogP contribution in [0.2, 0.25) is 0 Å². The maximum Gasteiger partial charge on any atom is 0.323 e. The first-order chi connectivity index (χ1) is 9.29. The molecule has 0 atom stereocenters. The minimum absolute atomic E-state index is 0.244. The molecule has 0 aliphatic rings. The Balaban J connectivity index is 5.21. The topological polar surface area (TPSA) is 61.8 Å². The van der Waals surface area contributed by atoms with Crippen LogP contribution in [-0.4, -0.2) is 37.9 Å². The van der Waals surface area contributed by atoms with E-state index >= 15 is 0 Å². The minimum Gasteiger partial charge on any atom is -0.465 e. The molecule has 0 fully saturated rings. The number of carbonyl (C=O) groups is 2. The van der Waals surface area contributed by atoms with E-state index in [-0.39, 0.29) is 13.2 Å². The fraction of sp³-hybridized carbons (Fsp3) is 0.867. The molecule has 5 nitrogen and oxygen atoms in total. The molecule has 0 aliphatic carbocycles. The van der Waals surface area contributed by atoms with E-state index in [1.54, 1.807) is 27.9 Å². The van der Waals surface area contributed by atoms with Gasteiger partial charge >= 0.3 is 11.9 Å². The van der Waals surface area contributed by atoms with Crippen LogP contribution in [0.4, 0.5) is 0 Å². The summed E-state index contributed by atoms with van der Waals surface area (Å²) in [6, 6.07) is 0. The summed E-state index contributed by atoms with van der Waals surface area (Å²) >= 11 is 0. The molecule has 118 valence electrons. The summed E-state index contributed by atoms with van der Waals surface area (Å²) in [4.78, 5) is 24.5. The lowest BCUT2D eigenvalue weighted by molar-refractivity contribution is -0.174. The predicted octanol–water partition coefficient (Wildman–Crippen LogP) is 2.71. The third kappa shape index (κ3) is 4.78. The summed E-state index contributed by atoms with van der Waals surface area (Å²) in [5.41, 5.74) is -1.64. The summed E-state index contributed by atoms with van der Waals surface area (Å²) in [5, 5.41) is 0. The van der Waals surface area contributed by atoms with Gasteiger partial charge in [0.2, 0.25) is 0 Å². The van der Waals surface area contributed by atoms with Crippen molar-refractivity contribution >= 4 is 11.9 Å². The first-order valence-corrected chi connectivity index (χ1v) is 7.19. The molecule has 0 saturated carbocycles. The Kier molecular flexibility index (Phi) is 7.79. The zero-order chi connectivity index (χ0) is 15.8. The number of hydrogen-bond donors (Lipinski definition) is 0. The number of rotatable bonds is 9. The van der Waals surface area contributed by atoms with Crippen molar-refractivity contribution in [3.63, 3.8) is 0 Å². The van der Waals surface area contributed by atoms with Gasteiger partial charge < -0.3 is 14.2 Å². The highest BCUT2D eigenvalue weighted by Crippen LogP contribution is 2.34. The van der Waals surface area contributed by atoms with Gasteiger partial charge in [0.1, 0.15) is 0 Å². The van der Waals surface area contributed by atoms with E-state index in [9.17, 15) is 9.59 Å². The second-order valence-corrected chi connectivity index (χ2v) is 5.34. The number of hydrogen-bond acceptors (Lipinski definition) is 5. The van der Waals surface area contributed by atoms with E-state index in [1.807, 2.05) is 13.8 Å². The Labute approximate surface area is 122 Å². The van der Waals surface area contributed by atoms with Crippen LogP contribution >= 0.6 is 0 Å². The average molecular weight is 288 g/mol. The summed E-state index contributed by atoms with van der Waals surface area (Å²) in [6.07, 6.45) is 1.27. The predicted molar refractivity (Wildman–Crippen MR) is 76.3 cm³/mol. The van der Waals surface area contributed by atoms with E-state index in [4.69, 9.17) is 14.2 Å². The molecule has 0 aromatic carbocycles. The lowest BCUT2D eigenvalue weighted by atomic mass is 9.78. The summed E-state index contributed by atoms with van der Waals surface area (Å²) < 4.78 is 15.5. The SMILES string of the molecule is CCOC(=O)C(CC)(CCC(C)(C)OC)C(=O)OCC. The second kappa shape index (κ2) is 8.25. The molecule has 0 aliphatic heterocycles. The minimum atomic E-state index is -1.23. The van der Waals surface area contributed by atoms with Gasteiger partial charge in [-0.25, -0.2) is 0 Å². The van der Waals surface area contributed by atoms with Crippen molar-refractivity contribution < 1.29 is 23.8 Å². The van der Waals surface area contributed by atoms with Crippen LogP contribution < -0.4 is 0 Å². The molecule has 0 aromatic heterocycles. The lowest BCUT2D eigenvalue weighted by Gasteiger charge is -2.31. The Bertz CT molecular complexity index is 304. The molecule has 0 saturated heterocycles. The number of esters is 2. The number of methoxy groups -OCH3 is 1. The van der Waals surface area contributed by atoms with Gasteiger partial charge in [0.25, 0.3) is 0 Å². The van der Waals surface area contributed by atoms with E-state index in [2.05, 4.69) is 0 Å². The lowest BCUT2D eigenvalue weighted by Crippen LogP contribution is -2.43. The van der Waals surface area contributed by atoms with Gasteiger partial charge in [-0.2, -0.15) is 0 Å². The molecule has 0 unspecified atom stereocenters. The first-order valence-electron chi connectivity index (χ1n) is 7.19. The van der Waals surface area contributed by atoms with Gasteiger partial charge in [0.05, 0.1) is 18.8 Å². The van der Waals surface area contributed by atoms with Crippen LogP contribution in [0.3, 0.4) is 0 Å². The zero-order valence-corrected chi connectivity index (χ0v) is 13.6. The van der Waals surface area contributed by atoms with Gasteiger partial charge in [-0.05, 0) is 47.0 Å². The van der Waals surface area contributed by atoms with Crippen molar-refractivity contribution in [2.75, 3.05) is 20.3 Å². The summed E-state index contributed by atoms with van der Waals surface area (Å²) in [5.74, 6) is -1.01. The van der Waals surface area contributed by atoms with E-state index < -0.39 is 23.0 Å². The maximum atomic E-state index is 12.3. The first kappa shape index (κ1) is 18.9. The number of carbonyl (C=O) groups excluding carboxylic acids is 2. The van der Waals surface area contributed by atoms with Gasteiger partial charge in [0.15, 0.2) is 5.41 Å². The Morgan fingerprint density at radius 1 is 0.900 bits per heavy atom. The Hall–Kier alpha value is -1.10. The molecule has 0 bridgehead atoms. The number of ether oxygens (including phenoxy) is 3. The van der Waals surface area contributed by atoms with Gasteiger partial charge in [-0.15, -0.1) is 0 Å². The van der Waals surface area contributed by atoms with E-state index in [1.165, 1.54) is 0 Å². The zero-order valence-electron chi connectivity index (χ0n) is 13.6. The highest BCUT2D eigenvalue weighted by molar-refractivity contribution is 6.00. The van der Waals surface area contributed by atoms with Crippen molar-refractivity contribution in [2.24, 2.45) is 5.41 Å². The summed E-state index contributed by atoms with van der Waals surface area (Å²) in [7, 11) is 1.61. The molecule has 0 amide bonds. The highest BCUT2D eigenvalue weighted by Gasteiger charge is 2.47. The molecule has 0 heterocycles. The maximum absolute atomic E-state index is 12.3. The third-order valence-corrected chi connectivity index (χ3v) is 3.64. The van der Waals surface area contributed by atoms with Gasteiger partial charge in [0, 0.05) is 7.11 Å². The largest absolute Gasteiger partial charge is 0.465 e. The molecule has 20 heavy (non-hydrogen) atoms. The van der Waals surface area contributed by atoms with Crippen LogP contribution in [0.5, 0.6) is 0 Å². The average Bonchev–Trinajstić information content (AvgIpc) is 2.40. The van der Waals surface area contributed by atoms with Crippen LogP contribution in [0.1, 0.15) is 53.9 Å². The summed E-state index contributed by atoms with van der Waals surface area (Å²) in [6.45, 7) is 9.58. The molecule has 0 spiro atoms. The standard InChI is InChI=1S/C15H28O5/c1-7-15(12(16)19-8-2,13(17)20-9-3)11-10-14(4,5)18-6/h7-11H2,1-6H3. The van der Waals surface area contributed by atoms with Crippen molar-refractivity contribution in [1.82, 2.24) is 0 Å². The van der Waals surface area contributed by atoms with Crippen molar-refractivity contribution in [3.05, 3.63) is 0 Å². The quantitative estimate of drug-likeness (QED) is 0.482. The van der Waals surface area contributed by atoms with Crippen molar-refractivity contribution in [3.8, 4) is 0 Å². The van der Waals surface area contributed by atoms with E-state index in [0.29, 0.717) is 19.3 Å². The monoisotopic (exact) mass is 288 g/mol. The van der Waals surface area contributed by atoms with Crippen LogP contribution in [0.15, 0.2) is 0 Å². The van der Waals surface area contributed by atoms with Gasteiger partial charge in [-0.3, -0.25) is 9.59 Å². The molecule has 0 aromatic rings. The van der Waals surface area contributed by atoms with Crippen molar-refractivity contribution in [2.45, 2.75) is 59.5 Å². The highest BCUT2D eigenvalue weighted by atomic mass is 16.6. The normalized spacial score (nSPS) is 12.1. The Morgan fingerprint density at radius 3 is 1.65 bits per heavy atom. The fourth-order valence-electron chi connectivity index (χ4n) is 1.91. The molecule has 0 N–H and O–H groups in total. The molecule has 0 radical (unpaired) electrons. The second-order valence-electron chi connectivity index (χ2n) is 5.34. The van der Waals surface area contributed by atoms with Gasteiger partial charge in [-0.1, -0.05) is 6.92 Å². The molecule has 0 rings (SSSR count). The van der Waals surface area contributed by atoms with Crippen molar-refractivity contribution in [1.29, 1.82) is 0 Å². The smallest absolute Gasteiger partial charge is 0.323 e.